The Bertz CT molecular complexity index is 622. The minimum Gasteiger partial charge on any atom is -0.466 e. The maximum absolute atomic E-state index is 11.3. The van der Waals surface area contributed by atoms with E-state index in [0.29, 0.717) is 19.4 Å². The van der Waals surface area contributed by atoms with Gasteiger partial charge in [-0.3, -0.25) is 4.79 Å². The Hall–Kier alpha value is -1.88. The number of hydrogen-bond acceptors (Lipinski definition) is 5. The third-order valence-corrected chi connectivity index (χ3v) is 4.10. The van der Waals surface area contributed by atoms with Crippen LogP contribution in [0.25, 0.3) is 0 Å². The van der Waals surface area contributed by atoms with E-state index in [1.54, 1.807) is 11.3 Å². The second kappa shape index (κ2) is 7.22. The Labute approximate surface area is 129 Å². The Morgan fingerprint density at radius 3 is 2.95 bits per heavy atom. The van der Waals surface area contributed by atoms with Gasteiger partial charge in [0.05, 0.1) is 18.7 Å². The number of aromatic nitrogens is 1. The van der Waals surface area contributed by atoms with Gasteiger partial charge < -0.3 is 10.1 Å². The van der Waals surface area contributed by atoms with Crippen LogP contribution in [0.15, 0.2) is 23.6 Å². The predicted molar refractivity (Wildman–Crippen MR) is 86.3 cm³/mol. The zero-order valence-electron chi connectivity index (χ0n) is 12.6. The van der Waals surface area contributed by atoms with Crippen LogP contribution in [0.3, 0.4) is 0 Å². The number of benzene rings is 1. The van der Waals surface area contributed by atoms with Gasteiger partial charge in [-0.15, -0.1) is 11.3 Å². The molecule has 0 amide bonds. The molecule has 1 aromatic carbocycles. The first-order valence-electron chi connectivity index (χ1n) is 7.03. The van der Waals surface area contributed by atoms with Gasteiger partial charge in [-0.1, -0.05) is 12.1 Å². The summed E-state index contributed by atoms with van der Waals surface area (Å²) >= 11 is 1.55. The summed E-state index contributed by atoms with van der Waals surface area (Å²) in [5, 5.41) is 6.17. The van der Waals surface area contributed by atoms with Crippen LogP contribution >= 0.6 is 11.3 Å². The largest absolute Gasteiger partial charge is 0.466 e. The number of esters is 1. The van der Waals surface area contributed by atoms with Crippen molar-refractivity contribution in [2.45, 2.75) is 33.6 Å². The summed E-state index contributed by atoms with van der Waals surface area (Å²) in [6, 6.07) is 6.16. The van der Waals surface area contributed by atoms with Gasteiger partial charge in [0.1, 0.15) is 0 Å². The minimum atomic E-state index is -0.172. The van der Waals surface area contributed by atoms with Crippen LogP contribution in [0.2, 0.25) is 0 Å². The second-order valence-corrected chi connectivity index (χ2v) is 5.68. The van der Waals surface area contributed by atoms with Crippen LogP contribution in [0.4, 0.5) is 10.8 Å². The predicted octanol–water partition coefficient (Wildman–Crippen LogP) is 4.00. The third kappa shape index (κ3) is 4.29. The first-order chi connectivity index (χ1) is 10.1. The SMILES string of the molecule is CCOC(=O)CCc1csc(Nc2cccc(C)c2C)n1. The molecule has 2 aromatic rings. The van der Waals surface area contributed by atoms with Gasteiger partial charge in [0.15, 0.2) is 5.13 Å². The maximum Gasteiger partial charge on any atom is 0.306 e. The van der Waals surface area contributed by atoms with Gasteiger partial charge in [-0.25, -0.2) is 4.98 Å². The molecule has 0 radical (unpaired) electrons. The number of hydrogen-bond donors (Lipinski definition) is 1. The second-order valence-electron chi connectivity index (χ2n) is 4.82. The van der Waals surface area contributed by atoms with Gasteiger partial charge in [-0.05, 0) is 38.0 Å². The lowest BCUT2D eigenvalue weighted by molar-refractivity contribution is -0.143. The summed E-state index contributed by atoms with van der Waals surface area (Å²) in [5.74, 6) is -0.172. The van der Waals surface area contributed by atoms with E-state index in [4.69, 9.17) is 4.74 Å². The number of rotatable bonds is 6. The lowest BCUT2D eigenvalue weighted by Gasteiger charge is -2.08. The quantitative estimate of drug-likeness (QED) is 0.820. The number of thiazole rings is 1. The molecule has 2 rings (SSSR count). The zero-order valence-corrected chi connectivity index (χ0v) is 13.4. The van der Waals surface area contributed by atoms with E-state index >= 15 is 0 Å². The monoisotopic (exact) mass is 304 g/mol. The number of nitrogens with zero attached hydrogens (tertiary/aromatic N) is 1. The highest BCUT2D eigenvalue weighted by Crippen LogP contribution is 2.25. The fraction of sp³-hybridized carbons (Fsp3) is 0.375. The van der Waals surface area contributed by atoms with Gasteiger partial charge in [0.25, 0.3) is 0 Å². The highest BCUT2D eigenvalue weighted by atomic mass is 32.1. The fourth-order valence-electron chi connectivity index (χ4n) is 1.94. The van der Waals surface area contributed by atoms with Crippen LogP contribution < -0.4 is 5.32 Å². The molecule has 0 fully saturated rings. The van der Waals surface area contributed by atoms with E-state index in [9.17, 15) is 4.79 Å². The summed E-state index contributed by atoms with van der Waals surface area (Å²) in [4.78, 5) is 15.8. The number of carbonyl (C=O) groups is 1. The van der Waals surface area contributed by atoms with Crippen molar-refractivity contribution in [2.24, 2.45) is 0 Å². The normalized spacial score (nSPS) is 10.4. The zero-order chi connectivity index (χ0) is 15.2. The summed E-state index contributed by atoms with van der Waals surface area (Å²) in [5.41, 5.74) is 4.46. The summed E-state index contributed by atoms with van der Waals surface area (Å²) in [7, 11) is 0. The lowest BCUT2D eigenvalue weighted by Crippen LogP contribution is -2.05. The van der Waals surface area contributed by atoms with E-state index in [1.165, 1.54) is 11.1 Å². The number of nitrogens with one attached hydrogen (secondary N) is 1. The van der Waals surface area contributed by atoms with Crippen molar-refractivity contribution in [3.05, 3.63) is 40.4 Å². The summed E-state index contributed by atoms with van der Waals surface area (Å²) in [6.45, 7) is 6.42. The van der Waals surface area contributed by atoms with E-state index in [0.717, 1.165) is 16.5 Å². The van der Waals surface area contributed by atoms with Crippen molar-refractivity contribution in [3.63, 3.8) is 0 Å². The van der Waals surface area contributed by atoms with Crippen molar-refractivity contribution in [3.8, 4) is 0 Å². The average molecular weight is 304 g/mol. The van der Waals surface area contributed by atoms with Crippen molar-refractivity contribution in [1.82, 2.24) is 4.98 Å². The number of carbonyl (C=O) groups excluding carboxylic acids is 1. The van der Waals surface area contributed by atoms with Crippen LogP contribution in [-0.2, 0) is 16.0 Å². The van der Waals surface area contributed by atoms with Crippen LogP contribution in [0.5, 0.6) is 0 Å². The molecule has 21 heavy (non-hydrogen) atoms. The van der Waals surface area contributed by atoms with Crippen molar-refractivity contribution in [2.75, 3.05) is 11.9 Å². The fourth-order valence-corrected chi connectivity index (χ4v) is 2.70. The van der Waals surface area contributed by atoms with Gasteiger partial charge in [0, 0.05) is 17.5 Å². The van der Waals surface area contributed by atoms with E-state index in [1.807, 2.05) is 24.4 Å². The topological polar surface area (TPSA) is 51.2 Å². The third-order valence-electron chi connectivity index (χ3n) is 3.29. The number of ether oxygens (including phenoxy) is 1. The van der Waals surface area contributed by atoms with E-state index < -0.39 is 0 Å². The molecule has 1 heterocycles. The smallest absolute Gasteiger partial charge is 0.306 e. The highest BCUT2D eigenvalue weighted by molar-refractivity contribution is 7.13. The molecule has 0 aliphatic carbocycles. The molecule has 4 nitrogen and oxygen atoms in total. The molecule has 0 atom stereocenters. The minimum absolute atomic E-state index is 0.172. The maximum atomic E-state index is 11.3. The first kappa shape index (κ1) is 15.5. The molecular formula is C16H20N2O2S. The lowest BCUT2D eigenvalue weighted by atomic mass is 10.1. The molecule has 112 valence electrons. The number of aryl methyl sites for hydroxylation is 2. The van der Waals surface area contributed by atoms with Gasteiger partial charge in [-0.2, -0.15) is 0 Å². The van der Waals surface area contributed by atoms with Gasteiger partial charge >= 0.3 is 5.97 Å². The standard InChI is InChI=1S/C16H20N2O2S/c1-4-20-15(19)9-8-13-10-21-16(17-13)18-14-7-5-6-11(2)12(14)3/h5-7,10H,4,8-9H2,1-3H3,(H,17,18). The molecule has 0 saturated heterocycles. The molecule has 0 aliphatic heterocycles. The molecular weight excluding hydrogens is 284 g/mol. The number of anilines is 2. The molecule has 0 aliphatic rings. The van der Waals surface area contributed by atoms with Crippen molar-refractivity contribution < 1.29 is 9.53 Å². The summed E-state index contributed by atoms with van der Waals surface area (Å²) in [6.07, 6.45) is 0.990. The van der Waals surface area contributed by atoms with Crippen molar-refractivity contribution in [1.29, 1.82) is 0 Å². The Morgan fingerprint density at radius 2 is 2.19 bits per heavy atom. The van der Waals surface area contributed by atoms with Crippen LogP contribution in [0.1, 0.15) is 30.2 Å². The molecule has 0 spiro atoms. The molecule has 1 aromatic heterocycles. The Balaban J connectivity index is 1.97. The van der Waals surface area contributed by atoms with E-state index in [-0.39, 0.29) is 5.97 Å². The molecule has 0 saturated carbocycles. The first-order valence-corrected chi connectivity index (χ1v) is 7.91. The van der Waals surface area contributed by atoms with Crippen LogP contribution in [-0.4, -0.2) is 17.6 Å². The Morgan fingerprint density at radius 1 is 1.38 bits per heavy atom. The van der Waals surface area contributed by atoms with E-state index in [2.05, 4.69) is 30.2 Å². The Kier molecular flexibility index (Phi) is 5.33. The van der Waals surface area contributed by atoms with Gasteiger partial charge in [0.2, 0.25) is 0 Å². The van der Waals surface area contributed by atoms with Crippen LogP contribution in [0, 0.1) is 13.8 Å². The molecule has 1 N–H and O–H groups in total. The molecule has 0 unspecified atom stereocenters. The highest BCUT2D eigenvalue weighted by Gasteiger charge is 2.08. The summed E-state index contributed by atoms with van der Waals surface area (Å²) < 4.78 is 4.92. The van der Waals surface area contributed by atoms with Crippen molar-refractivity contribution >= 4 is 28.1 Å². The molecule has 0 bridgehead atoms. The average Bonchev–Trinajstić information content (AvgIpc) is 2.90. The molecule has 5 heteroatoms.